The average molecular weight is 377 g/mol. The first-order valence-corrected chi connectivity index (χ1v) is 10.0. The molecule has 132 valence electrons. The van der Waals surface area contributed by atoms with Crippen molar-refractivity contribution in [3.8, 4) is 16.9 Å². The molecule has 0 spiro atoms. The highest BCUT2D eigenvalue weighted by Gasteiger charge is 2.16. The first kappa shape index (κ1) is 15.5. The van der Waals surface area contributed by atoms with Gasteiger partial charge in [-0.05, 0) is 52.7 Å². The molecule has 0 fully saturated rings. The molecule has 28 heavy (non-hydrogen) atoms. The van der Waals surface area contributed by atoms with Gasteiger partial charge in [0.15, 0.2) is 0 Å². The summed E-state index contributed by atoms with van der Waals surface area (Å²) in [5, 5.41) is 5.96. The van der Waals surface area contributed by atoms with Crippen LogP contribution in [0.1, 0.15) is 0 Å². The van der Waals surface area contributed by atoms with Crippen molar-refractivity contribution in [3.63, 3.8) is 0 Å². The second kappa shape index (κ2) is 6.01. The van der Waals surface area contributed by atoms with E-state index in [1.165, 1.54) is 31.9 Å². The zero-order chi connectivity index (χ0) is 18.5. The molecule has 0 atom stereocenters. The zero-order valence-electron chi connectivity index (χ0n) is 14.9. The van der Waals surface area contributed by atoms with Gasteiger partial charge in [-0.15, -0.1) is 11.3 Å². The number of aromatic nitrogens is 3. The van der Waals surface area contributed by atoms with Crippen LogP contribution in [-0.2, 0) is 0 Å². The van der Waals surface area contributed by atoms with Gasteiger partial charge < -0.3 is 0 Å². The summed E-state index contributed by atoms with van der Waals surface area (Å²) in [6, 6.07) is 23.4. The maximum Gasteiger partial charge on any atom is 0.137 e. The minimum atomic E-state index is 0.935. The maximum atomic E-state index is 4.84. The highest BCUT2D eigenvalue weighted by atomic mass is 32.1. The molecule has 4 heteroatoms. The summed E-state index contributed by atoms with van der Waals surface area (Å²) in [5.74, 6) is 0.935. The second-order valence-corrected chi connectivity index (χ2v) is 7.71. The molecule has 0 bridgehead atoms. The lowest BCUT2D eigenvalue weighted by atomic mass is 10.1. The molecule has 3 nitrogen and oxygen atoms in total. The van der Waals surface area contributed by atoms with Crippen molar-refractivity contribution in [1.82, 2.24) is 14.5 Å². The van der Waals surface area contributed by atoms with Crippen LogP contribution in [0, 0.1) is 0 Å². The summed E-state index contributed by atoms with van der Waals surface area (Å²) in [6.45, 7) is 0. The Bertz CT molecular complexity index is 1440. The molecule has 0 saturated heterocycles. The van der Waals surface area contributed by atoms with Gasteiger partial charge in [-0.2, -0.15) is 0 Å². The van der Waals surface area contributed by atoms with Crippen LogP contribution >= 0.6 is 11.3 Å². The fourth-order valence-corrected chi connectivity index (χ4v) is 4.88. The number of nitrogens with zero attached hydrogens (tertiary/aromatic N) is 3. The second-order valence-electron chi connectivity index (χ2n) is 6.79. The summed E-state index contributed by atoms with van der Waals surface area (Å²) in [4.78, 5) is 8.93. The van der Waals surface area contributed by atoms with E-state index in [1.54, 1.807) is 11.3 Å². The van der Waals surface area contributed by atoms with E-state index in [0.29, 0.717) is 0 Å². The number of hydrogen-bond donors (Lipinski definition) is 0. The van der Waals surface area contributed by atoms with Crippen LogP contribution in [0.15, 0.2) is 90.7 Å². The first-order valence-electron chi connectivity index (χ1n) is 9.16. The molecule has 2 aromatic carbocycles. The third-order valence-electron chi connectivity index (χ3n) is 5.24. The number of pyridine rings is 2. The Morgan fingerprint density at radius 1 is 0.750 bits per heavy atom. The van der Waals surface area contributed by atoms with E-state index in [0.717, 1.165) is 16.9 Å². The van der Waals surface area contributed by atoms with Gasteiger partial charge in [0, 0.05) is 34.9 Å². The van der Waals surface area contributed by atoms with Gasteiger partial charge in [-0.25, -0.2) is 4.98 Å². The van der Waals surface area contributed by atoms with E-state index in [4.69, 9.17) is 4.98 Å². The standard InChI is InChI=1S/C24H15N3S/c1-2-4-21-19(3-1)20-7-5-17-11-14-28-24(17)23(20)27(21)22-8-6-18(15-26-22)16-9-12-25-13-10-16/h1-15H. The van der Waals surface area contributed by atoms with E-state index < -0.39 is 0 Å². The van der Waals surface area contributed by atoms with E-state index in [-0.39, 0.29) is 0 Å². The zero-order valence-corrected chi connectivity index (χ0v) is 15.7. The highest BCUT2D eigenvalue weighted by Crippen LogP contribution is 2.38. The molecule has 6 aromatic rings. The van der Waals surface area contributed by atoms with E-state index in [9.17, 15) is 0 Å². The predicted octanol–water partition coefficient (Wildman–Crippen LogP) is 6.46. The van der Waals surface area contributed by atoms with Gasteiger partial charge in [0.05, 0.1) is 15.7 Å². The van der Waals surface area contributed by atoms with Crippen molar-refractivity contribution in [2.24, 2.45) is 0 Å². The smallest absolute Gasteiger partial charge is 0.137 e. The lowest BCUT2D eigenvalue weighted by molar-refractivity contribution is 1.09. The van der Waals surface area contributed by atoms with Crippen molar-refractivity contribution in [3.05, 3.63) is 90.7 Å². The molecule has 0 N–H and O–H groups in total. The Hall–Kier alpha value is -3.50. The fourth-order valence-electron chi connectivity index (χ4n) is 3.94. The fraction of sp³-hybridized carbons (Fsp3) is 0. The Morgan fingerprint density at radius 3 is 2.50 bits per heavy atom. The number of benzene rings is 2. The molecule has 4 heterocycles. The topological polar surface area (TPSA) is 30.7 Å². The largest absolute Gasteiger partial charge is 0.292 e. The molecule has 0 saturated carbocycles. The van der Waals surface area contributed by atoms with Crippen molar-refractivity contribution in [2.75, 3.05) is 0 Å². The van der Waals surface area contributed by atoms with Crippen LogP contribution in [0.3, 0.4) is 0 Å². The lowest BCUT2D eigenvalue weighted by Crippen LogP contribution is -1.97. The van der Waals surface area contributed by atoms with E-state index in [2.05, 4.69) is 69.5 Å². The molecule has 0 radical (unpaired) electrons. The average Bonchev–Trinajstić information content (AvgIpc) is 3.37. The van der Waals surface area contributed by atoms with Gasteiger partial charge in [0.2, 0.25) is 0 Å². The molecule has 0 unspecified atom stereocenters. The Kier molecular flexibility index (Phi) is 3.34. The van der Waals surface area contributed by atoms with Crippen molar-refractivity contribution in [2.45, 2.75) is 0 Å². The third kappa shape index (κ3) is 2.22. The molecule has 0 aliphatic heterocycles. The summed E-state index contributed by atoms with van der Waals surface area (Å²) in [7, 11) is 0. The molecular formula is C24H15N3S. The molecule has 0 aliphatic rings. The molecule has 4 aromatic heterocycles. The van der Waals surface area contributed by atoms with Crippen LogP contribution in [0.4, 0.5) is 0 Å². The van der Waals surface area contributed by atoms with Crippen LogP contribution in [0.2, 0.25) is 0 Å². The Balaban J connectivity index is 1.66. The number of thiophene rings is 1. The third-order valence-corrected chi connectivity index (χ3v) is 6.18. The van der Waals surface area contributed by atoms with Gasteiger partial charge >= 0.3 is 0 Å². The summed E-state index contributed by atoms with van der Waals surface area (Å²) < 4.78 is 3.59. The summed E-state index contributed by atoms with van der Waals surface area (Å²) in [6.07, 6.45) is 5.56. The molecule has 6 rings (SSSR count). The summed E-state index contributed by atoms with van der Waals surface area (Å²) >= 11 is 1.79. The van der Waals surface area contributed by atoms with E-state index >= 15 is 0 Å². The van der Waals surface area contributed by atoms with Crippen molar-refractivity contribution in [1.29, 1.82) is 0 Å². The monoisotopic (exact) mass is 377 g/mol. The van der Waals surface area contributed by atoms with Crippen molar-refractivity contribution < 1.29 is 0 Å². The van der Waals surface area contributed by atoms with Gasteiger partial charge in [0.25, 0.3) is 0 Å². The maximum absolute atomic E-state index is 4.84. The predicted molar refractivity (Wildman–Crippen MR) is 117 cm³/mol. The summed E-state index contributed by atoms with van der Waals surface area (Å²) in [5.41, 5.74) is 4.63. The van der Waals surface area contributed by atoms with Gasteiger partial charge in [0.1, 0.15) is 5.82 Å². The Labute approximate surface area is 165 Å². The van der Waals surface area contributed by atoms with Crippen LogP contribution < -0.4 is 0 Å². The minimum Gasteiger partial charge on any atom is -0.292 e. The minimum absolute atomic E-state index is 0.935. The molecule has 0 aliphatic carbocycles. The number of hydrogen-bond acceptors (Lipinski definition) is 3. The Morgan fingerprint density at radius 2 is 1.64 bits per heavy atom. The SMILES string of the molecule is c1ccc2c(c1)c1ccc3ccsc3c1n2-c1ccc(-c2ccncc2)cn1. The number of fused-ring (bicyclic) bond motifs is 5. The van der Waals surface area contributed by atoms with Crippen LogP contribution in [-0.4, -0.2) is 14.5 Å². The first-order chi connectivity index (χ1) is 13.9. The van der Waals surface area contributed by atoms with Crippen molar-refractivity contribution >= 4 is 43.2 Å². The lowest BCUT2D eigenvalue weighted by Gasteiger charge is -2.08. The van der Waals surface area contributed by atoms with E-state index in [1.807, 2.05) is 30.7 Å². The van der Waals surface area contributed by atoms with Gasteiger partial charge in [-0.3, -0.25) is 9.55 Å². The van der Waals surface area contributed by atoms with Crippen LogP contribution in [0.25, 0.3) is 48.8 Å². The van der Waals surface area contributed by atoms with Gasteiger partial charge in [-0.1, -0.05) is 30.3 Å². The number of para-hydroxylation sites is 1. The number of rotatable bonds is 2. The quantitative estimate of drug-likeness (QED) is 0.347. The highest BCUT2D eigenvalue weighted by molar-refractivity contribution is 7.18. The normalized spacial score (nSPS) is 11.6. The van der Waals surface area contributed by atoms with Crippen LogP contribution in [0.5, 0.6) is 0 Å². The molecular weight excluding hydrogens is 362 g/mol. The molecule has 0 amide bonds.